The van der Waals surface area contributed by atoms with Gasteiger partial charge in [0, 0.05) is 24.2 Å². The van der Waals surface area contributed by atoms with Crippen molar-refractivity contribution in [2.75, 3.05) is 13.1 Å². The van der Waals surface area contributed by atoms with E-state index in [1.807, 2.05) is 4.90 Å². The first-order chi connectivity index (χ1) is 8.58. The van der Waals surface area contributed by atoms with Crippen molar-refractivity contribution in [3.8, 4) is 0 Å². The predicted octanol–water partition coefficient (Wildman–Crippen LogP) is 1.66. The van der Waals surface area contributed by atoms with Crippen LogP contribution in [0.5, 0.6) is 0 Å². The van der Waals surface area contributed by atoms with E-state index in [0.717, 1.165) is 25.9 Å². The van der Waals surface area contributed by atoms with Crippen LogP contribution in [0.1, 0.15) is 40.5 Å². The Morgan fingerprint density at radius 1 is 1.11 bits per heavy atom. The lowest BCUT2D eigenvalue weighted by molar-refractivity contribution is 0.0697. The number of hydrogen-bond donors (Lipinski definition) is 1. The van der Waals surface area contributed by atoms with Crippen molar-refractivity contribution in [2.24, 2.45) is 11.7 Å². The Labute approximate surface area is 107 Å². The van der Waals surface area contributed by atoms with Crippen molar-refractivity contribution in [2.45, 2.75) is 19.8 Å². The molecular weight excluding hydrogens is 228 g/mol. The van der Waals surface area contributed by atoms with Crippen LogP contribution in [0.3, 0.4) is 0 Å². The average Bonchev–Trinajstić information content (AvgIpc) is 2.39. The fraction of sp³-hybridized carbons (Fsp3) is 0.429. The third-order valence-corrected chi connectivity index (χ3v) is 3.49. The highest BCUT2D eigenvalue weighted by molar-refractivity contribution is 5.97. The van der Waals surface area contributed by atoms with E-state index in [2.05, 4.69) is 6.92 Å². The zero-order valence-electron chi connectivity index (χ0n) is 10.6. The molecule has 0 atom stereocenters. The van der Waals surface area contributed by atoms with Crippen molar-refractivity contribution < 1.29 is 9.59 Å². The summed E-state index contributed by atoms with van der Waals surface area (Å²) < 4.78 is 0. The predicted molar refractivity (Wildman–Crippen MR) is 69.3 cm³/mol. The SMILES string of the molecule is CC1CCN(C(=O)c2ccc(C(N)=O)cc2)CC1. The summed E-state index contributed by atoms with van der Waals surface area (Å²) >= 11 is 0. The first-order valence-corrected chi connectivity index (χ1v) is 6.27. The van der Waals surface area contributed by atoms with Crippen LogP contribution in [0.15, 0.2) is 24.3 Å². The molecule has 1 heterocycles. The number of primary amides is 1. The van der Waals surface area contributed by atoms with Crippen LogP contribution < -0.4 is 5.73 Å². The maximum Gasteiger partial charge on any atom is 0.253 e. The number of nitrogens with zero attached hydrogens (tertiary/aromatic N) is 1. The average molecular weight is 246 g/mol. The normalized spacial score (nSPS) is 16.6. The van der Waals surface area contributed by atoms with E-state index in [0.29, 0.717) is 17.0 Å². The van der Waals surface area contributed by atoms with Crippen LogP contribution in [-0.4, -0.2) is 29.8 Å². The zero-order valence-corrected chi connectivity index (χ0v) is 10.6. The van der Waals surface area contributed by atoms with Gasteiger partial charge in [-0.1, -0.05) is 6.92 Å². The maximum atomic E-state index is 12.2. The van der Waals surface area contributed by atoms with Crippen LogP contribution >= 0.6 is 0 Å². The fourth-order valence-corrected chi connectivity index (χ4v) is 2.17. The van der Waals surface area contributed by atoms with Gasteiger partial charge in [0.15, 0.2) is 0 Å². The number of piperidine rings is 1. The number of rotatable bonds is 2. The van der Waals surface area contributed by atoms with E-state index in [4.69, 9.17) is 5.73 Å². The van der Waals surface area contributed by atoms with E-state index in [1.54, 1.807) is 24.3 Å². The van der Waals surface area contributed by atoms with Gasteiger partial charge in [-0.05, 0) is 43.0 Å². The van der Waals surface area contributed by atoms with E-state index in [-0.39, 0.29) is 5.91 Å². The van der Waals surface area contributed by atoms with Gasteiger partial charge < -0.3 is 10.6 Å². The summed E-state index contributed by atoms with van der Waals surface area (Å²) in [4.78, 5) is 25.0. The molecule has 2 N–H and O–H groups in total. The molecule has 4 heteroatoms. The van der Waals surface area contributed by atoms with Gasteiger partial charge >= 0.3 is 0 Å². The van der Waals surface area contributed by atoms with E-state index in [1.165, 1.54) is 0 Å². The van der Waals surface area contributed by atoms with Gasteiger partial charge in [-0.3, -0.25) is 9.59 Å². The highest BCUT2D eigenvalue weighted by Crippen LogP contribution is 2.18. The molecule has 0 aromatic heterocycles. The molecule has 18 heavy (non-hydrogen) atoms. The molecule has 0 spiro atoms. The Morgan fingerprint density at radius 2 is 1.61 bits per heavy atom. The zero-order chi connectivity index (χ0) is 13.1. The summed E-state index contributed by atoms with van der Waals surface area (Å²) in [6.45, 7) is 3.85. The number of benzene rings is 1. The molecule has 4 nitrogen and oxygen atoms in total. The number of carbonyl (C=O) groups excluding carboxylic acids is 2. The quantitative estimate of drug-likeness (QED) is 0.862. The Bertz CT molecular complexity index is 445. The molecule has 1 aromatic rings. The van der Waals surface area contributed by atoms with Crippen molar-refractivity contribution in [1.82, 2.24) is 4.90 Å². The summed E-state index contributed by atoms with van der Waals surface area (Å²) in [5, 5.41) is 0. The van der Waals surface area contributed by atoms with Crippen molar-refractivity contribution >= 4 is 11.8 Å². The summed E-state index contributed by atoms with van der Waals surface area (Å²) in [7, 11) is 0. The second kappa shape index (κ2) is 5.21. The Hall–Kier alpha value is -1.84. The molecule has 0 aliphatic carbocycles. The summed E-state index contributed by atoms with van der Waals surface area (Å²) in [5.41, 5.74) is 6.21. The molecule has 96 valence electrons. The van der Waals surface area contributed by atoms with E-state index >= 15 is 0 Å². The fourth-order valence-electron chi connectivity index (χ4n) is 2.17. The minimum absolute atomic E-state index is 0.0397. The van der Waals surface area contributed by atoms with Gasteiger partial charge in [0.2, 0.25) is 5.91 Å². The van der Waals surface area contributed by atoms with Gasteiger partial charge in [-0.2, -0.15) is 0 Å². The lowest BCUT2D eigenvalue weighted by Crippen LogP contribution is -2.37. The van der Waals surface area contributed by atoms with Crippen LogP contribution in [-0.2, 0) is 0 Å². The monoisotopic (exact) mass is 246 g/mol. The number of likely N-dealkylation sites (tertiary alicyclic amines) is 1. The minimum atomic E-state index is -0.471. The minimum Gasteiger partial charge on any atom is -0.366 e. The first kappa shape index (κ1) is 12.6. The van der Waals surface area contributed by atoms with E-state index < -0.39 is 5.91 Å². The highest BCUT2D eigenvalue weighted by atomic mass is 16.2. The molecule has 1 aliphatic heterocycles. The topological polar surface area (TPSA) is 63.4 Å². The molecule has 0 radical (unpaired) electrons. The number of nitrogens with two attached hydrogens (primary N) is 1. The lowest BCUT2D eigenvalue weighted by Gasteiger charge is -2.30. The van der Waals surface area contributed by atoms with Crippen molar-refractivity contribution in [3.63, 3.8) is 0 Å². The third-order valence-electron chi connectivity index (χ3n) is 3.49. The van der Waals surface area contributed by atoms with Crippen LogP contribution in [0.2, 0.25) is 0 Å². The number of carbonyl (C=O) groups is 2. The standard InChI is InChI=1S/C14H18N2O2/c1-10-6-8-16(9-7-10)14(18)12-4-2-11(3-5-12)13(15)17/h2-5,10H,6-9H2,1H3,(H2,15,17). The molecule has 0 bridgehead atoms. The molecular formula is C14H18N2O2. The molecule has 1 fully saturated rings. The second-order valence-electron chi connectivity index (χ2n) is 4.92. The highest BCUT2D eigenvalue weighted by Gasteiger charge is 2.21. The summed E-state index contributed by atoms with van der Waals surface area (Å²) in [6.07, 6.45) is 2.12. The third kappa shape index (κ3) is 2.70. The Kier molecular flexibility index (Phi) is 3.65. The molecule has 1 saturated heterocycles. The molecule has 0 saturated carbocycles. The number of amides is 2. The molecule has 1 aliphatic rings. The summed E-state index contributed by atoms with van der Waals surface area (Å²) in [6, 6.07) is 6.53. The van der Waals surface area contributed by atoms with Crippen molar-refractivity contribution in [1.29, 1.82) is 0 Å². The Morgan fingerprint density at radius 3 is 2.11 bits per heavy atom. The van der Waals surface area contributed by atoms with Gasteiger partial charge in [0.25, 0.3) is 5.91 Å². The van der Waals surface area contributed by atoms with E-state index in [9.17, 15) is 9.59 Å². The van der Waals surface area contributed by atoms with Gasteiger partial charge in [-0.15, -0.1) is 0 Å². The second-order valence-corrected chi connectivity index (χ2v) is 4.92. The van der Waals surface area contributed by atoms with Crippen LogP contribution in [0.25, 0.3) is 0 Å². The van der Waals surface area contributed by atoms with Gasteiger partial charge in [0.05, 0.1) is 0 Å². The molecule has 0 unspecified atom stereocenters. The van der Waals surface area contributed by atoms with Crippen LogP contribution in [0.4, 0.5) is 0 Å². The largest absolute Gasteiger partial charge is 0.366 e. The lowest BCUT2D eigenvalue weighted by atomic mass is 9.98. The van der Waals surface area contributed by atoms with Gasteiger partial charge in [0.1, 0.15) is 0 Å². The molecule has 2 amide bonds. The smallest absolute Gasteiger partial charge is 0.253 e. The molecule has 2 rings (SSSR count). The van der Waals surface area contributed by atoms with Crippen LogP contribution in [0, 0.1) is 5.92 Å². The first-order valence-electron chi connectivity index (χ1n) is 6.27. The maximum absolute atomic E-state index is 12.2. The number of hydrogen-bond acceptors (Lipinski definition) is 2. The Balaban J connectivity index is 2.07. The van der Waals surface area contributed by atoms with Crippen molar-refractivity contribution in [3.05, 3.63) is 35.4 Å². The summed E-state index contributed by atoms with van der Waals surface area (Å²) in [5.74, 6) is 0.269. The molecule has 1 aromatic carbocycles. The van der Waals surface area contributed by atoms with Gasteiger partial charge in [-0.25, -0.2) is 0 Å².